The first-order chi connectivity index (χ1) is 4.79. The molecule has 1 rings (SSSR count). The van der Waals surface area contributed by atoms with Crippen LogP contribution in [0.4, 0.5) is 4.79 Å². The van der Waals surface area contributed by atoms with Gasteiger partial charge in [-0.05, 0) is 12.8 Å². The second kappa shape index (κ2) is 3.78. The number of ether oxygens (including phenoxy) is 2. The maximum absolute atomic E-state index is 10.2. The second-order valence-electron chi connectivity index (χ2n) is 2.19. The van der Waals surface area contributed by atoms with E-state index in [1.165, 1.54) is 0 Å². The quantitative estimate of drug-likeness (QED) is 0.552. The molecular formula is C6H9ClO3. The van der Waals surface area contributed by atoms with Crippen molar-refractivity contribution in [1.82, 2.24) is 0 Å². The van der Waals surface area contributed by atoms with Crippen LogP contribution >= 0.6 is 11.6 Å². The molecule has 0 amide bonds. The van der Waals surface area contributed by atoms with E-state index < -0.39 is 5.43 Å². The third-order valence-electron chi connectivity index (χ3n) is 1.38. The molecular weight excluding hydrogens is 156 g/mol. The van der Waals surface area contributed by atoms with E-state index in [9.17, 15) is 4.79 Å². The van der Waals surface area contributed by atoms with Gasteiger partial charge in [0.2, 0.25) is 0 Å². The van der Waals surface area contributed by atoms with Gasteiger partial charge in [0.1, 0.15) is 6.10 Å². The highest BCUT2D eigenvalue weighted by molar-refractivity contribution is 6.61. The highest BCUT2D eigenvalue weighted by atomic mass is 35.5. The molecule has 0 unspecified atom stereocenters. The Labute approximate surface area is 64.3 Å². The molecule has 3 nitrogen and oxygen atoms in total. The number of hydrogen-bond donors (Lipinski definition) is 0. The lowest BCUT2D eigenvalue weighted by Gasteiger charge is -2.20. The van der Waals surface area contributed by atoms with E-state index in [1.807, 2.05) is 0 Å². The zero-order chi connectivity index (χ0) is 7.40. The molecule has 0 spiro atoms. The van der Waals surface area contributed by atoms with Gasteiger partial charge in [-0.2, -0.15) is 0 Å². The van der Waals surface area contributed by atoms with E-state index in [0.717, 1.165) is 19.4 Å². The van der Waals surface area contributed by atoms with Crippen molar-refractivity contribution in [3.63, 3.8) is 0 Å². The van der Waals surface area contributed by atoms with Crippen molar-refractivity contribution in [3.05, 3.63) is 0 Å². The maximum atomic E-state index is 10.2. The number of carbonyl (C=O) groups is 1. The summed E-state index contributed by atoms with van der Waals surface area (Å²) in [6.45, 7) is 1.24. The highest BCUT2D eigenvalue weighted by Crippen LogP contribution is 2.10. The third-order valence-corrected chi connectivity index (χ3v) is 1.47. The first-order valence-electron chi connectivity index (χ1n) is 3.23. The van der Waals surface area contributed by atoms with Gasteiger partial charge in [-0.15, -0.1) is 0 Å². The molecule has 0 aromatic carbocycles. The van der Waals surface area contributed by atoms with Crippen LogP contribution in [0, 0.1) is 0 Å². The van der Waals surface area contributed by atoms with E-state index in [-0.39, 0.29) is 6.10 Å². The molecule has 0 radical (unpaired) electrons. The molecule has 0 saturated carbocycles. The van der Waals surface area contributed by atoms with Crippen molar-refractivity contribution >= 4 is 17.0 Å². The van der Waals surface area contributed by atoms with Crippen LogP contribution in [0.15, 0.2) is 0 Å². The summed E-state index contributed by atoms with van der Waals surface area (Å²) in [5.41, 5.74) is -0.740. The minimum absolute atomic E-state index is 0.126. The lowest BCUT2D eigenvalue weighted by atomic mass is 10.2. The Morgan fingerprint density at radius 2 is 2.50 bits per heavy atom. The second-order valence-corrected chi connectivity index (χ2v) is 2.50. The van der Waals surface area contributed by atoms with E-state index in [2.05, 4.69) is 0 Å². The fraction of sp³-hybridized carbons (Fsp3) is 0.833. The first-order valence-corrected chi connectivity index (χ1v) is 3.60. The molecule has 1 aliphatic heterocycles. The summed E-state index contributed by atoms with van der Waals surface area (Å²) in [7, 11) is 0. The van der Waals surface area contributed by atoms with Crippen molar-refractivity contribution in [1.29, 1.82) is 0 Å². The Bertz CT molecular complexity index is 120. The molecule has 1 fully saturated rings. The predicted molar refractivity (Wildman–Crippen MR) is 36.2 cm³/mol. The van der Waals surface area contributed by atoms with Crippen LogP contribution < -0.4 is 0 Å². The normalized spacial score (nSPS) is 25.9. The zero-order valence-corrected chi connectivity index (χ0v) is 6.26. The highest BCUT2D eigenvalue weighted by Gasteiger charge is 2.16. The van der Waals surface area contributed by atoms with Gasteiger partial charge in [-0.3, -0.25) is 0 Å². The van der Waals surface area contributed by atoms with Crippen molar-refractivity contribution in [2.45, 2.75) is 18.9 Å². The fourth-order valence-corrected chi connectivity index (χ4v) is 1.06. The average Bonchev–Trinajstić information content (AvgIpc) is 1.88. The van der Waals surface area contributed by atoms with E-state index in [4.69, 9.17) is 21.1 Å². The molecule has 0 aliphatic carbocycles. The van der Waals surface area contributed by atoms with Crippen LogP contribution in [-0.2, 0) is 9.47 Å². The SMILES string of the molecule is O=C(Cl)O[C@@H]1CCCOC1. The molecule has 0 aromatic heterocycles. The van der Waals surface area contributed by atoms with Crippen molar-refractivity contribution in [2.75, 3.05) is 13.2 Å². The van der Waals surface area contributed by atoms with Gasteiger partial charge in [0, 0.05) is 18.2 Å². The lowest BCUT2D eigenvalue weighted by Crippen LogP contribution is -2.26. The van der Waals surface area contributed by atoms with Crippen LogP contribution in [0.5, 0.6) is 0 Å². The topological polar surface area (TPSA) is 35.5 Å². The number of carbonyl (C=O) groups excluding carboxylic acids is 1. The van der Waals surface area contributed by atoms with Crippen molar-refractivity contribution in [3.8, 4) is 0 Å². The van der Waals surface area contributed by atoms with Gasteiger partial charge < -0.3 is 9.47 Å². The minimum atomic E-state index is -0.740. The van der Waals surface area contributed by atoms with Gasteiger partial charge >= 0.3 is 5.43 Å². The monoisotopic (exact) mass is 164 g/mol. The Morgan fingerprint density at radius 3 is 3.00 bits per heavy atom. The first kappa shape index (κ1) is 7.82. The maximum Gasteiger partial charge on any atom is 0.404 e. The Hall–Kier alpha value is -0.280. The van der Waals surface area contributed by atoms with Crippen LogP contribution in [0.1, 0.15) is 12.8 Å². The summed E-state index contributed by atoms with van der Waals surface area (Å²) in [5.74, 6) is 0. The zero-order valence-electron chi connectivity index (χ0n) is 5.51. The number of hydrogen-bond acceptors (Lipinski definition) is 3. The van der Waals surface area contributed by atoms with Gasteiger partial charge in [0.25, 0.3) is 0 Å². The van der Waals surface area contributed by atoms with E-state index in [0.29, 0.717) is 6.61 Å². The molecule has 58 valence electrons. The van der Waals surface area contributed by atoms with Gasteiger partial charge in [-0.1, -0.05) is 0 Å². The molecule has 1 atom stereocenters. The average molecular weight is 165 g/mol. The fourth-order valence-electron chi connectivity index (χ4n) is 0.935. The number of rotatable bonds is 1. The van der Waals surface area contributed by atoms with Gasteiger partial charge in [-0.25, -0.2) is 4.79 Å². The summed E-state index contributed by atoms with van der Waals surface area (Å²) < 4.78 is 9.74. The molecule has 1 heterocycles. The summed E-state index contributed by atoms with van der Waals surface area (Å²) in [6.07, 6.45) is 1.67. The summed E-state index contributed by atoms with van der Waals surface area (Å²) in [4.78, 5) is 10.2. The largest absolute Gasteiger partial charge is 0.448 e. The predicted octanol–water partition coefficient (Wildman–Crippen LogP) is 1.54. The third kappa shape index (κ3) is 2.54. The van der Waals surface area contributed by atoms with E-state index >= 15 is 0 Å². The summed E-state index contributed by atoms with van der Waals surface area (Å²) >= 11 is 4.99. The van der Waals surface area contributed by atoms with Gasteiger partial charge in [0.05, 0.1) is 6.61 Å². The van der Waals surface area contributed by atoms with E-state index in [1.54, 1.807) is 0 Å². The molecule has 1 aliphatic rings. The molecule has 10 heavy (non-hydrogen) atoms. The summed E-state index contributed by atoms with van der Waals surface area (Å²) in [6, 6.07) is 0. The lowest BCUT2D eigenvalue weighted by molar-refractivity contribution is -0.00895. The van der Waals surface area contributed by atoms with Crippen LogP contribution in [-0.4, -0.2) is 24.7 Å². The van der Waals surface area contributed by atoms with Crippen molar-refractivity contribution in [2.24, 2.45) is 0 Å². The molecule has 1 saturated heterocycles. The standard InChI is InChI=1S/C6H9ClO3/c7-6(8)10-5-2-1-3-9-4-5/h5H,1-4H2/t5-/m1/s1. The molecule has 0 N–H and O–H groups in total. The van der Waals surface area contributed by atoms with Crippen LogP contribution in [0.3, 0.4) is 0 Å². The van der Waals surface area contributed by atoms with Crippen LogP contribution in [0.2, 0.25) is 0 Å². The molecule has 4 heteroatoms. The molecule has 0 bridgehead atoms. The smallest absolute Gasteiger partial charge is 0.404 e. The van der Waals surface area contributed by atoms with Crippen LogP contribution in [0.25, 0.3) is 0 Å². The van der Waals surface area contributed by atoms with Crippen molar-refractivity contribution < 1.29 is 14.3 Å². The molecule has 0 aromatic rings. The summed E-state index contributed by atoms with van der Waals surface area (Å²) in [5, 5.41) is 0. The minimum Gasteiger partial charge on any atom is -0.448 e. The Balaban J connectivity index is 2.19. The Kier molecular flexibility index (Phi) is 2.96. The Morgan fingerprint density at radius 1 is 1.70 bits per heavy atom. The van der Waals surface area contributed by atoms with Gasteiger partial charge in [0.15, 0.2) is 0 Å². The number of halogens is 1.